The maximum Gasteiger partial charge on any atom is 0.0186 e. The molecule has 2 heteroatoms. The van der Waals surface area contributed by atoms with Gasteiger partial charge in [0.05, 0.1) is 0 Å². The summed E-state index contributed by atoms with van der Waals surface area (Å²) in [7, 11) is 0. The minimum Gasteiger partial charge on any atom is -0.325 e. The smallest absolute Gasteiger partial charge is 0.0186 e. The molecule has 0 saturated carbocycles. The molecule has 0 amide bonds. The average Bonchev–Trinajstić information content (AvgIpc) is 2.54. The predicted octanol–water partition coefficient (Wildman–Crippen LogP) is 8.21. The summed E-state index contributed by atoms with van der Waals surface area (Å²) >= 11 is 0. The van der Waals surface area contributed by atoms with E-state index in [0.717, 1.165) is 6.42 Å². The molecule has 0 radical (unpaired) electrons. The van der Waals surface area contributed by atoms with E-state index in [-0.39, 0.29) is 17.9 Å². The highest BCUT2D eigenvalue weighted by atomic mass is 35.5. The molecule has 0 rings (SSSR count). The lowest BCUT2D eigenvalue weighted by Gasteiger charge is -2.30. The molecule has 0 aromatic rings. The molecular formula is C23H48ClN. The molecule has 0 aliphatic heterocycles. The minimum absolute atomic E-state index is 0. The normalized spacial score (nSPS) is 14.6. The van der Waals surface area contributed by atoms with Crippen LogP contribution in [0.5, 0.6) is 0 Å². The van der Waals surface area contributed by atoms with Crippen LogP contribution in [0, 0.1) is 5.92 Å². The van der Waals surface area contributed by atoms with Crippen LogP contribution in [0.15, 0.2) is 12.7 Å². The number of hydrogen-bond donors (Lipinski definition) is 1. The Hall–Kier alpha value is -0.0100. The fourth-order valence-corrected chi connectivity index (χ4v) is 3.49. The van der Waals surface area contributed by atoms with Gasteiger partial charge in [-0.25, -0.2) is 0 Å². The van der Waals surface area contributed by atoms with Gasteiger partial charge in [0.25, 0.3) is 0 Å². The van der Waals surface area contributed by atoms with Crippen LogP contribution in [0.3, 0.4) is 0 Å². The number of hydrogen-bond acceptors (Lipinski definition) is 1. The van der Waals surface area contributed by atoms with E-state index in [2.05, 4.69) is 27.4 Å². The van der Waals surface area contributed by atoms with Gasteiger partial charge in [-0.1, -0.05) is 110 Å². The number of nitrogens with two attached hydrogens (primary N) is 1. The molecule has 0 saturated heterocycles. The summed E-state index contributed by atoms with van der Waals surface area (Å²) in [6, 6.07) is 0. The summed E-state index contributed by atoms with van der Waals surface area (Å²) in [5.41, 5.74) is 6.28. The standard InChI is InChI=1S/C23H47N.ClH/c1-5-7-8-9-10-11-12-13-14-15-16-17-18-19-20-22(3)23(4,24)21-6-2;/h6,22H,2,5,7-21,24H2,1,3-4H3;1H. The molecule has 0 heterocycles. The fraction of sp³-hybridized carbons (Fsp3) is 0.913. The van der Waals surface area contributed by atoms with Gasteiger partial charge in [0.1, 0.15) is 0 Å². The maximum absolute atomic E-state index is 6.35. The van der Waals surface area contributed by atoms with E-state index in [0.29, 0.717) is 5.92 Å². The zero-order chi connectivity index (χ0) is 18.1. The Labute approximate surface area is 166 Å². The van der Waals surface area contributed by atoms with E-state index in [9.17, 15) is 0 Å². The van der Waals surface area contributed by atoms with E-state index in [4.69, 9.17) is 5.73 Å². The summed E-state index contributed by atoms with van der Waals surface area (Å²) < 4.78 is 0. The van der Waals surface area contributed by atoms with Crippen LogP contribution in [0.4, 0.5) is 0 Å². The van der Waals surface area contributed by atoms with Gasteiger partial charge >= 0.3 is 0 Å². The number of rotatable bonds is 18. The van der Waals surface area contributed by atoms with Gasteiger partial charge in [0, 0.05) is 5.54 Å². The van der Waals surface area contributed by atoms with Crippen molar-refractivity contribution in [1.82, 2.24) is 0 Å². The Morgan fingerprint density at radius 3 is 1.52 bits per heavy atom. The lowest BCUT2D eigenvalue weighted by molar-refractivity contribution is 0.293. The first-order valence-electron chi connectivity index (χ1n) is 10.9. The molecule has 152 valence electrons. The Morgan fingerprint density at radius 1 is 0.800 bits per heavy atom. The molecule has 2 N–H and O–H groups in total. The van der Waals surface area contributed by atoms with Crippen molar-refractivity contribution in [2.75, 3.05) is 0 Å². The molecule has 0 fully saturated rings. The first kappa shape index (κ1) is 27.2. The molecular weight excluding hydrogens is 326 g/mol. The highest BCUT2D eigenvalue weighted by Gasteiger charge is 2.24. The lowest BCUT2D eigenvalue weighted by atomic mass is 9.82. The molecule has 0 spiro atoms. The maximum atomic E-state index is 6.35. The quantitative estimate of drug-likeness (QED) is 0.190. The average molecular weight is 374 g/mol. The molecule has 0 aromatic heterocycles. The minimum atomic E-state index is -0.0711. The van der Waals surface area contributed by atoms with Gasteiger partial charge in [-0.3, -0.25) is 0 Å². The van der Waals surface area contributed by atoms with Gasteiger partial charge in [-0.2, -0.15) is 0 Å². The van der Waals surface area contributed by atoms with Crippen molar-refractivity contribution < 1.29 is 0 Å². The zero-order valence-corrected chi connectivity index (χ0v) is 18.5. The summed E-state index contributed by atoms with van der Waals surface area (Å²) in [5, 5.41) is 0. The van der Waals surface area contributed by atoms with Gasteiger partial charge in [0.2, 0.25) is 0 Å². The first-order valence-corrected chi connectivity index (χ1v) is 10.9. The highest BCUT2D eigenvalue weighted by molar-refractivity contribution is 5.85. The van der Waals surface area contributed by atoms with Crippen LogP contribution in [0.25, 0.3) is 0 Å². The first-order chi connectivity index (χ1) is 11.5. The Bertz CT molecular complexity index is 275. The van der Waals surface area contributed by atoms with Gasteiger partial charge in [-0.05, 0) is 25.7 Å². The van der Waals surface area contributed by atoms with Crippen LogP contribution < -0.4 is 5.73 Å². The third-order valence-corrected chi connectivity index (χ3v) is 5.70. The molecule has 25 heavy (non-hydrogen) atoms. The number of unbranched alkanes of at least 4 members (excludes halogenated alkanes) is 13. The summed E-state index contributed by atoms with van der Waals surface area (Å²) in [6.45, 7) is 10.6. The fourth-order valence-electron chi connectivity index (χ4n) is 3.49. The van der Waals surface area contributed by atoms with Gasteiger partial charge in [0.15, 0.2) is 0 Å². The molecule has 2 atom stereocenters. The van der Waals surface area contributed by atoms with Crippen LogP contribution in [0.2, 0.25) is 0 Å². The van der Waals surface area contributed by atoms with E-state index in [1.54, 1.807) is 0 Å². The Kier molecular flexibility index (Phi) is 20.4. The van der Waals surface area contributed by atoms with Crippen LogP contribution in [-0.4, -0.2) is 5.54 Å². The van der Waals surface area contributed by atoms with Crippen molar-refractivity contribution in [2.45, 2.75) is 129 Å². The van der Waals surface area contributed by atoms with Crippen molar-refractivity contribution in [3.05, 3.63) is 12.7 Å². The van der Waals surface area contributed by atoms with E-state index in [1.165, 1.54) is 96.3 Å². The second-order valence-electron chi connectivity index (χ2n) is 8.28. The van der Waals surface area contributed by atoms with E-state index >= 15 is 0 Å². The van der Waals surface area contributed by atoms with E-state index in [1.807, 2.05) is 6.08 Å². The molecule has 2 unspecified atom stereocenters. The second-order valence-corrected chi connectivity index (χ2v) is 8.28. The Balaban J connectivity index is 0. The monoisotopic (exact) mass is 373 g/mol. The Morgan fingerprint density at radius 2 is 1.16 bits per heavy atom. The summed E-state index contributed by atoms with van der Waals surface area (Å²) in [6.07, 6.45) is 24.1. The summed E-state index contributed by atoms with van der Waals surface area (Å²) in [5.74, 6) is 0.591. The molecule has 0 aromatic carbocycles. The zero-order valence-electron chi connectivity index (χ0n) is 17.7. The second kappa shape index (κ2) is 18.8. The molecule has 0 aliphatic carbocycles. The van der Waals surface area contributed by atoms with Gasteiger partial charge in [-0.15, -0.1) is 19.0 Å². The lowest BCUT2D eigenvalue weighted by Crippen LogP contribution is -2.42. The van der Waals surface area contributed by atoms with Crippen LogP contribution in [0.1, 0.15) is 124 Å². The summed E-state index contributed by atoms with van der Waals surface area (Å²) in [4.78, 5) is 0. The SMILES string of the molecule is C=CCC(C)(N)C(C)CCCCCCCCCCCCCCCC.Cl. The van der Waals surface area contributed by atoms with Crippen molar-refractivity contribution in [3.8, 4) is 0 Å². The van der Waals surface area contributed by atoms with Crippen LogP contribution in [-0.2, 0) is 0 Å². The third-order valence-electron chi connectivity index (χ3n) is 5.70. The molecule has 0 bridgehead atoms. The van der Waals surface area contributed by atoms with Crippen LogP contribution >= 0.6 is 12.4 Å². The number of halogens is 1. The van der Waals surface area contributed by atoms with Crippen molar-refractivity contribution in [3.63, 3.8) is 0 Å². The van der Waals surface area contributed by atoms with Crippen molar-refractivity contribution >= 4 is 12.4 Å². The predicted molar refractivity (Wildman–Crippen MR) is 119 cm³/mol. The molecule has 1 nitrogen and oxygen atoms in total. The topological polar surface area (TPSA) is 26.0 Å². The largest absolute Gasteiger partial charge is 0.325 e. The van der Waals surface area contributed by atoms with Crippen molar-refractivity contribution in [2.24, 2.45) is 11.7 Å². The van der Waals surface area contributed by atoms with E-state index < -0.39 is 0 Å². The third kappa shape index (κ3) is 17.2. The highest BCUT2D eigenvalue weighted by Crippen LogP contribution is 2.24. The van der Waals surface area contributed by atoms with Crippen molar-refractivity contribution in [1.29, 1.82) is 0 Å². The molecule has 0 aliphatic rings. The van der Waals surface area contributed by atoms with Gasteiger partial charge < -0.3 is 5.73 Å².